The quantitative estimate of drug-likeness (QED) is 0.594. The molecular formula is C18H30BrN5O. The number of aliphatic imine (C=N–C) groups is 1. The van der Waals surface area contributed by atoms with Gasteiger partial charge in [0.15, 0.2) is 5.96 Å². The van der Waals surface area contributed by atoms with Gasteiger partial charge in [0.2, 0.25) is 0 Å². The molecule has 0 radical (unpaired) electrons. The highest BCUT2D eigenvalue weighted by Gasteiger charge is 2.32. The van der Waals surface area contributed by atoms with Gasteiger partial charge in [0, 0.05) is 49.6 Å². The van der Waals surface area contributed by atoms with Crippen molar-refractivity contribution in [2.45, 2.75) is 38.5 Å². The molecule has 0 aliphatic carbocycles. The van der Waals surface area contributed by atoms with Crippen LogP contribution in [0.3, 0.4) is 0 Å². The number of guanidine groups is 1. The fourth-order valence-corrected chi connectivity index (χ4v) is 4.27. The summed E-state index contributed by atoms with van der Waals surface area (Å²) in [5, 5.41) is 3.40. The second-order valence-corrected chi connectivity index (χ2v) is 7.97. The minimum atomic E-state index is 0.209. The predicted molar refractivity (Wildman–Crippen MR) is 105 cm³/mol. The van der Waals surface area contributed by atoms with E-state index in [2.05, 4.69) is 68.9 Å². The van der Waals surface area contributed by atoms with Gasteiger partial charge in [-0.05, 0) is 48.3 Å². The normalized spacial score (nSPS) is 24.4. The Bertz CT molecular complexity index is 602. The van der Waals surface area contributed by atoms with E-state index in [4.69, 9.17) is 9.73 Å². The molecule has 0 amide bonds. The molecule has 0 bridgehead atoms. The molecule has 1 aromatic heterocycles. The molecule has 2 aliphatic rings. The van der Waals surface area contributed by atoms with Gasteiger partial charge in [-0.2, -0.15) is 0 Å². The van der Waals surface area contributed by atoms with Crippen molar-refractivity contribution < 1.29 is 4.74 Å². The third-order valence-electron chi connectivity index (χ3n) is 5.08. The van der Waals surface area contributed by atoms with E-state index >= 15 is 0 Å². The first-order chi connectivity index (χ1) is 12.1. The summed E-state index contributed by atoms with van der Waals surface area (Å²) in [6.45, 7) is 7.59. The molecule has 3 rings (SSSR count). The van der Waals surface area contributed by atoms with Crippen LogP contribution in [-0.2, 0) is 18.3 Å². The van der Waals surface area contributed by atoms with E-state index in [-0.39, 0.29) is 6.10 Å². The lowest BCUT2D eigenvalue weighted by atomic mass is 10.2. The van der Waals surface area contributed by atoms with Crippen LogP contribution in [0.2, 0.25) is 0 Å². The zero-order valence-corrected chi connectivity index (χ0v) is 17.1. The van der Waals surface area contributed by atoms with Crippen molar-refractivity contribution in [2.24, 2.45) is 12.0 Å². The van der Waals surface area contributed by atoms with Gasteiger partial charge in [-0.1, -0.05) is 0 Å². The van der Waals surface area contributed by atoms with Crippen LogP contribution in [0.5, 0.6) is 0 Å². The van der Waals surface area contributed by atoms with Gasteiger partial charge >= 0.3 is 0 Å². The molecule has 0 aromatic carbocycles. The van der Waals surface area contributed by atoms with Crippen LogP contribution < -0.4 is 5.32 Å². The van der Waals surface area contributed by atoms with Crippen molar-refractivity contribution in [3.8, 4) is 0 Å². The Balaban J connectivity index is 1.59. The number of nitrogens with one attached hydrogen (secondary N) is 1. The van der Waals surface area contributed by atoms with Crippen LogP contribution in [-0.4, -0.2) is 72.3 Å². The van der Waals surface area contributed by atoms with E-state index in [0.29, 0.717) is 12.6 Å². The molecule has 6 nitrogen and oxygen atoms in total. The number of hydrogen-bond acceptors (Lipinski definition) is 3. The van der Waals surface area contributed by atoms with Crippen molar-refractivity contribution in [3.05, 3.63) is 22.4 Å². The Morgan fingerprint density at radius 2 is 2.36 bits per heavy atom. The second kappa shape index (κ2) is 8.56. The monoisotopic (exact) mass is 411 g/mol. The Morgan fingerprint density at radius 1 is 1.52 bits per heavy atom. The van der Waals surface area contributed by atoms with Crippen LogP contribution in [0.4, 0.5) is 0 Å². The number of nitrogens with zero attached hydrogens (tertiary/aromatic N) is 4. The highest BCUT2D eigenvalue weighted by molar-refractivity contribution is 9.10. The fourth-order valence-electron chi connectivity index (χ4n) is 3.70. The maximum absolute atomic E-state index is 6.04. The number of fused-ring (bicyclic) bond motifs is 1. The summed E-state index contributed by atoms with van der Waals surface area (Å²) in [6.07, 6.45) is 4.88. The number of halogens is 1. The third-order valence-corrected chi connectivity index (χ3v) is 5.51. The summed E-state index contributed by atoms with van der Waals surface area (Å²) in [4.78, 5) is 9.59. The van der Waals surface area contributed by atoms with Crippen molar-refractivity contribution in [2.75, 3.05) is 39.8 Å². The molecule has 2 fully saturated rings. The largest absolute Gasteiger partial charge is 0.373 e. The summed E-state index contributed by atoms with van der Waals surface area (Å²) in [6, 6.07) is 2.80. The van der Waals surface area contributed by atoms with E-state index in [9.17, 15) is 0 Å². The van der Waals surface area contributed by atoms with Gasteiger partial charge in [-0.15, -0.1) is 0 Å². The first-order valence-corrected chi connectivity index (χ1v) is 10.0. The molecule has 2 unspecified atom stereocenters. The molecule has 3 heterocycles. The third kappa shape index (κ3) is 4.77. The van der Waals surface area contributed by atoms with Gasteiger partial charge in [0.05, 0.1) is 25.8 Å². The highest BCUT2D eigenvalue weighted by Crippen LogP contribution is 2.22. The SMILES string of the molecule is CCNC(=NCC1CN2CCCC2CO1)N(C)Cc1cc(Br)cn1C. The van der Waals surface area contributed by atoms with Crippen molar-refractivity contribution in [1.29, 1.82) is 0 Å². The lowest BCUT2D eigenvalue weighted by Gasteiger charge is -2.34. The van der Waals surface area contributed by atoms with Gasteiger partial charge in [0.1, 0.15) is 0 Å². The Kier molecular flexibility index (Phi) is 6.41. The van der Waals surface area contributed by atoms with Crippen molar-refractivity contribution in [3.63, 3.8) is 0 Å². The Labute approximate surface area is 159 Å². The van der Waals surface area contributed by atoms with Crippen LogP contribution in [0.1, 0.15) is 25.5 Å². The average molecular weight is 412 g/mol. The average Bonchev–Trinajstić information content (AvgIpc) is 3.17. The van der Waals surface area contributed by atoms with Crippen LogP contribution in [0.15, 0.2) is 21.7 Å². The van der Waals surface area contributed by atoms with E-state index in [1.807, 2.05) is 0 Å². The predicted octanol–water partition coefficient (Wildman–Crippen LogP) is 2.05. The summed E-state index contributed by atoms with van der Waals surface area (Å²) < 4.78 is 9.28. The number of aryl methyl sites for hydroxylation is 1. The molecule has 2 saturated heterocycles. The van der Waals surface area contributed by atoms with Gasteiger partial charge in [-0.25, -0.2) is 0 Å². The molecule has 1 aromatic rings. The summed E-state index contributed by atoms with van der Waals surface area (Å²) in [7, 11) is 4.15. The maximum Gasteiger partial charge on any atom is 0.194 e. The fraction of sp³-hybridized carbons (Fsp3) is 0.722. The highest BCUT2D eigenvalue weighted by atomic mass is 79.9. The number of rotatable bonds is 5. The molecular weight excluding hydrogens is 382 g/mol. The molecule has 7 heteroatoms. The standard InChI is InChI=1S/C18H30BrN5O/c1-4-20-18(23(3)11-16-8-14(19)10-22(16)2)21-9-17-12-24-7-5-6-15(24)13-25-17/h8,10,15,17H,4-7,9,11-13H2,1-3H3,(H,20,21). The number of hydrogen-bond donors (Lipinski definition) is 1. The zero-order valence-electron chi connectivity index (χ0n) is 15.5. The smallest absolute Gasteiger partial charge is 0.194 e. The van der Waals surface area contributed by atoms with Gasteiger partial charge in [-0.3, -0.25) is 9.89 Å². The molecule has 0 spiro atoms. The minimum Gasteiger partial charge on any atom is -0.373 e. The van der Waals surface area contributed by atoms with Gasteiger partial charge in [0.25, 0.3) is 0 Å². The first-order valence-electron chi connectivity index (χ1n) is 9.22. The molecule has 0 saturated carbocycles. The second-order valence-electron chi connectivity index (χ2n) is 7.06. The van der Waals surface area contributed by atoms with Crippen molar-refractivity contribution >= 4 is 21.9 Å². The number of aromatic nitrogens is 1. The van der Waals surface area contributed by atoms with Crippen molar-refractivity contribution in [1.82, 2.24) is 19.7 Å². The molecule has 2 atom stereocenters. The lowest BCUT2D eigenvalue weighted by Crippen LogP contribution is -2.47. The minimum absolute atomic E-state index is 0.209. The van der Waals surface area contributed by atoms with E-state index in [0.717, 1.165) is 36.7 Å². The van der Waals surface area contributed by atoms with Gasteiger partial charge < -0.3 is 19.5 Å². The van der Waals surface area contributed by atoms with E-state index in [1.165, 1.54) is 25.1 Å². The summed E-state index contributed by atoms with van der Waals surface area (Å²) in [5.41, 5.74) is 1.24. The first kappa shape index (κ1) is 18.7. The summed E-state index contributed by atoms with van der Waals surface area (Å²) >= 11 is 3.54. The zero-order chi connectivity index (χ0) is 17.8. The molecule has 140 valence electrons. The number of morpholine rings is 1. The van der Waals surface area contributed by atoms with E-state index < -0.39 is 0 Å². The van der Waals surface area contributed by atoms with Crippen LogP contribution in [0, 0.1) is 0 Å². The molecule has 1 N–H and O–H groups in total. The van der Waals surface area contributed by atoms with Crippen LogP contribution in [0.25, 0.3) is 0 Å². The summed E-state index contributed by atoms with van der Waals surface area (Å²) in [5.74, 6) is 0.937. The lowest BCUT2D eigenvalue weighted by molar-refractivity contribution is -0.0432. The Hall–Kier alpha value is -1.05. The van der Waals surface area contributed by atoms with Crippen LogP contribution >= 0.6 is 15.9 Å². The number of ether oxygens (including phenoxy) is 1. The molecule has 25 heavy (non-hydrogen) atoms. The van der Waals surface area contributed by atoms with E-state index in [1.54, 1.807) is 0 Å². The maximum atomic E-state index is 6.04. The molecule has 2 aliphatic heterocycles. The Morgan fingerprint density at radius 3 is 3.08 bits per heavy atom. The topological polar surface area (TPSA) is 45.0 Å².